The van der Waals surface area contributed by atoms with E-state index in [4.69, 9.17) is 5.21 Å². The van der Waals surface area contributed by atoms with Crippen LogP contribution in [0.25, 0.3) is 10.9 Å². The molecule has 32 heavy (non-hydrogen) atoms. The Balaban J connectivity index is 1.77. The van der Waals surface area contributed by atoms with Crippen LogP contribution in [0.4, 0.5) is 10.5 Å². The van der Waals surface area contributed by atoms with Gasteiger partial charge in [-0.1, -0.05) is 45.4 Å². The van der Waals surface area contributed by atoms with Crippen molar-refractivity contribution < 1.29 is 19.6 Å². The number of hydrogen-bond acceptors (Lipinski definition) is 5. The Labute approximate surface area is 187 Å². The normalized spacial score (nSPS) is 14.9. The number of hydroxylamine groups is 1. The number of nitrogens with zero attached hydrogens (tertiary/aromatic N) is 2. The van der Waals surface area contributed by atoms with E-state index in [0.29, 0.717) is 23.7 Å². The van der Waals surface area contributed by atoms with Gasteiger partial charge in [0.1, 0.15) is 12.6 Å². The topological polar surface area (TPSA) is 124 Å². The van der Waals surface area contributed by atoms with E-state index in [-0.39, 0.29) is 12.5 Å². The fourth-order valence-electron chi connectivity index (χ4n) is 3.75. The summed E-state index contributed by atoms with van der Waals surface area (Å²) in [7, 11) is 0. The Kier molecular flexibility index (Phi) is 7.29. The highest BCUT2D eigenvalue weighted by Crippen LogP contribution is 2.29. The van der Waals surface area contributed by atoms with Gasteiger partial charge in [0, 0.05) is 18.1 Å². The van der Waals surface area contributed by atoms with Crippen molar-refractivity contribution >= 4 is 34.4 Å². The number of carbonyl (C=O) groups excluding carboxylic acids is 3. The molecule has 1 aliphatic rings. The lowest BCUT2D eigenvalue weighted by Crippen LogP contribution is -2.57. The number of aromatic nitrogens is 1. The largest absolute Gasteiger partial charge is 0.331 e. The second-order valence-corrected chi connectivity index (χ2v) is 9.33. The van der Waals surface area contributed by atoms with Crippen LogP contribution in [0.1, 0.15) is 40.0 Å². The molecule has 0 aliphatic heterocycles. The second kappa shape index (κ2) is 9.95. The van der Waals surface area contributed by atoms with Crippen molar-refractivity contribution in [1.29, 1.82) is 0 Å². The van der Waals surface area contributed by atoms with Gasteiger partial charge in [0.2, 0.25) is 5.91 Å². The number of urea groups is 1. The summed E-state index contributed by atoms with van der Waals surface area (Å²) in [6.45, 7) is 5.69. The predicted molar refractivity (Wildman–Crippen MR) is 121 cm³/mol. The van der Waals surface area contributed by atoms with Crippen molar-refractivity contribution in [3.05, 3.63) is 36.5 Å². The maximum absolute atomic E-state index is 13.4. The number of rotatable bonds is 7. The molecule has 1 aromatic carbocycles. The summed E-state index contributed by atoms with van der Waals surface area (Å²) in [6.07, 6.45) is 4.73. The van der Waals surface area contributed by atoms with Crippen LogP contribution in [-0.2, 0) is 9.59 Å². The molecule has 1 atom stereocenters. The number of nitrogens with one attached hydrogen (secondary N) is 3. The molecule has 0 bridgehead atoms. The fourth-order valence-corrected chi connectivity index (χ4v) is 3.75. The molecule has 4 amide bonds. The van der Waals surface area contributed by atoms with Crippen LogP contribution in [0.5, 0.6) is 0 Å². The molecule has 1 saturated carbocycles. The molecule has 1 unspecified atom stereocenters. The molecule has 172 valence electrons. The van der Waals surface area contributed by atoms with Crippen LogP contribution >= 0.6 is 0 Å². The maximum Gasteiger partial charge on any atom is 0.319 e. The Hall–Kier alpha value is -3.20. The Morgan fingerprint density at radius 1 is 1.19 bits per heavy atom. The first-order valence-electron chi connectivity index (χ1n) is 10.8. The van der Waals surface area contributed by atoms with Gasteiger partial charge in [-0.25, -0.2) is 10.3 Å². The highest BCUT2D eigenvalue weighted by atomic mass is 16.5. The minimum atomic E-state index is -0.878. The van der Waals surface area contributed by atoms with Crippen LogP contribution in [0.3, 0.4) is 0 Å². The lowest BCUT2D eigenvalue weighted by atomic mass is 9.83. The van der Waals surface area contributed by atoms with E-state index in [1.807, 2.05) is 45.0 Å². The Morgan fingerprint density at radius 3 is 2.53 bits per heavy atom. The molecule has 3 rings (SSSR count). The molecule has 1 aromatic heterocycles. The molecular formula is C23H31N5O4. The van der Waals surface area contributed by atoms with E-state index in [1.165, 1.54) is 4.90 Å². The molecule has 0 radical (unpaired) electrons. The second-order valence-electron chi connectivity index (χ2n) is 9.33. The van der Waals surface area contributed by atoms with Crippen molar-refractivity contribution in [2.24, 2.45) is 11.3 Å². The first kappa shape index (κ1) is 23.5. The number of pyridine rings is 1. The Bertz CT molecular complexity index is 979. The number of para-hydroxylation sites is 1. The van der Waals surface area contributed by atoms with Gasteiger partial charge in [0.15, 0.2) is 0 Å². The number of benzene rings is 1. The molecule has 0 spiro atoms. The molecule has 1 heterocycles. The minimum absolute atomic E-state index is 0.269. The zero-order valence-corrected chi connectivity index (χ0v) is 18.7. The Morgan fingerprint density at radius 2 is 1.91 bits per heavy atom. The maximum atomic E-state index is 13.4. The lowest BCUT2D eigenvalue weighted by molar-refractivity contribution is -0.143. The lowest BCUT2D eigenvalue weighted by Gasteiger charge is -2.37. The van der Waals surface area contributed by atoms with Gasteiger partial charge in [-0.15, -0.1) is 0 Å². The van der Waals surface area contributed by atoms with Crippen LogP contribution in [-0.4, -0.2) is 52.1 Å². The first-order valence-corrected chi connectivity index (χ1v) is 10.8. The zero-order chi connectivity index (χ0) is 23.3. The minimum Gasteiger partial charge on any atom is -0.331 e. The summed E-state index contributed by atoms with van der Waals surface area (Å²) < 4.78 is 0. The molecule has 1 fully saturated rings. The van der Waals surface area contributed by atoms with Crippen LogP contribution in [0.15, 0.2) is 36.5 Å². The zero-order valence-electron chi connectivity index (χ0n) is 18.7. The fraction of sp³-hybridized carbons (Fsp3) is 0.478. The van der Waals surface area contributed by atoms with Gasteiger partial charge in [-0.05, 0) is 36.3 Å². The number of fused-ring (bicyclic) bond motifs is 1. The standard InChI is InChI=1S/C23H31N5O4/c1-23(2,3)20(21(30)28(14-18(29)27-32)13-15-7-4-8-15)26-22(31)25-17-11-5-9-16-10-6-12-24-19(16)17/h5-6,9-12,15,20,32H,4,7-8,13-14H2,1-3H3,(H,27,29)(H2,25,26,31). The van der Waals surface area contributed by atoms with Gasteiger partial charge in [-0.3, -0.25) is 19.8 Å². The van der Waals surface area contributed by atoms with E-state index >= 15 is 0 Å². The van der Waals surface area contributed by atoms with E-state index in [2.05, 4.69) is 15.6 Å². The molecule has 0 saturated heterocycles. The highest BCUT2D eigenvalue weighted by molar-refractivity contribution is 6.01. The van der Waals surface area contributed by atoms with E-state index in [1.54, 1.807) is 17.7 Å². The van der Waals surface area contributed by atoms with Crippen molar-refractivity contribution in [1.82, 2.24) is 20.7 Å². The molecule has 9 heteroatoms. The average Bonchev–Trinajstić information content (AvgIpc) is 2.72. The first-order chi connectivity index (χ1) is 15.2. The van der Waals surface area contributed by atoms with Crippen LogP contribution in [0, 0.1) is 11.3 Å². The third-order valence-electron chi connectivity index (χ3n) is 5.74. The SMILES string of the molecule is CC(C)(C)C(NC(=O)Nc1cccc2cccnc12)C(=O)N(CC(=O)NO)CC1CCC1. The summed E-state index contributed by atoms with van der Waals surface area (Å²) in [5.41, 5.74) is 2.16. The van der Waals surface area contributed by atoms with Gasteiger partial charge in [-0.2, -0.15) is 0 Å². The summed E-state index contributed by atoms with van der Waals surface area (Å²) in [4.78, 5) is 43.9. The monoisotopic (exact) mass is 441 g/mol. The molecule has 4 N–H and O–H groups in total. The molecule has 1 aliphatic carbocycles. The molecular weight excluding hydrogens is 410 g/mol. The van der Waals surface area contributed by atoms with Crippen molar-refractivity contribution in [2.75, 3.05) is 18.4 Å². The van der Waals surface area contributed by atoms with Gasteiger partial charge in [0.05, 0.1) is 11.2 Å². The molecule has 9 nitrogen and oxygen atoms in total. The van der Waals surface area contributed by atoms with Crippen molar-refractivity contribution in [3.63, 3.8) is 0 Å². The number of hydrogen-bond donors (Lipinski definition) is 4. The third kappa shape index (κ3) is 5.73. The number of amides is 4. The van der Waals surface area contributed by atoms with Gasteiger partial charge in [0.25, 0.3) is 5.91 Å². The average molecular weight is 442 g/mol. The summed E-state index contributed by atoms with van der Waals surface area (Å²) in [6, 6.07) is 7.77. The van der Waals surface area contributed by atoms with Crippen LogP contribution in [0.2, 0.25) is 0 Å². The number of carbonyl (C=O) groups is 3. The van der Waals surface area contributed by atoms with Gasteiger partial charge < -0.3 is 15.5 Å². The van der Waals surface area contributed by atoms with E-state index in [0.717, 1.165) is 24.6 Å². The van der Waals surface area contributed by atoms with E-state index < -0.39 is 23.4 Å². The molecule has 2 aromatic rings. The van der Waals surface area contributed by atoms with Gasteiger partial charge >= 0.3 is 6.03 Å². The number of anilines is 1. The quantitative estimate of drug-likeness (QED) is 0.389. The van der Waals surface area contributed by atoms with E-state index in [9.17, 15) is 14.4 Å². The third-order valence-corrected chi connectivity index (χ3v) is 5.74. The predicted octanol–water partition coefficient (Wildman–Crippen LogP) is 2.91. The summed E-state index contributed by atoms with van der Waals surface area (Å²) in [5.74, 6) is -0.711. The summed E-state index contributed by atoms with van der Waals surface area (Å²) >= 11 is 0. The van der Waals surface area contributed by atoms with Crippen molar-refractivity contribution in [2.45, 2.75) is 46.1 Å². The highest BCUT2D eigenvalue weighted by Gasteiger charge is 2.37. The summed E-state index contributed by atoms with van der Waals surface area (Å²) in [5, 5.41) is 15.4. The smallest absolute Gasteiger partial charge is 0.319 e. The van der Waals surface area contributed by atoms with Crippen LogP contribution < -0.4 is 16.1 Å². The van der Waals surface area contributed by atoms with Crippen molar-refractivity contribution in [3.8, 4) is 0 Å².